The molecule has 0 saturated heterocycles. The first-order valence-electron chi connectivity index (χ1n) is 6.31. The summed E-state index contributed by atoms with van der Waals surface area (Å²) in [5, 5.41) is 7.22. The molecule has 1 aromatic heterocycles. The van der Waals surface area contributed by atoms with Gasteiger partial charge in [-0.2, -0.15) is 4.98 Å². The van der Waals surface area contributed by atoms with Gasteiger partial charge in [-0.15, -0.1) is 5.10 Å². The molecule has 5 nitrogen and oxygen atoms in total. The molecule has 0 aliphatic carbocycles. The Hall–Kier alpha value is -2.82. The standard InChI is InChI=1S/C15H15N5/c1-20-15(18-14(16)19-20)17-13-9-5-8-12(10-13)11-6-3-2-4-7-11/h2-10H,1H3,(H3,16,17,18,19). The van der Waals surface area contributed by atoms with Crippen molar-refractivity contribution < 1.29 is 0 Å². The summed E-state index contributed by atoms with van der Waals surface area (Å²) in [5.41, 5.74) is 8.84. The van der Waals surface area contributed by atoms with Gasteiger partial charge in [0.2, 0.25) is 11.9 Å². The van der Waals surface area contributed by atoms with Gasteiger partial charge >= 0.3 is 0 Å². The van der Waals surface area contributed by atoms with Gasteiger partial charge in [0.05, 0.1) is 0 Å². The Kier molecular flexibility index (Phi) is 3.09. The molecule has 1 heterocycles. The summed E-state index contributed by atoms with van der Waals surface area (Å²) in [6.45, 7) is 0. The fourth-order valence-electron chi connectivity index (χ4n) is 2.05. The number of aryl methyl sites for hydroxylation is 1. The third kappa shape index (κ3) is 2.47. The second kappa shape index (κ2) is 5.05. The summed E-state index contributed by atoms with van der Waals surface area (Å²) in [6.07, 6.45) is 0. The SMILES string of the molecule is Cn1nc(N)nc1Nc1cccc(-c2ccccc2)c1. The summed E-state index contributed by atoms with van der Waals surface area (Å²) in [7, 11) is 1.80. The third-order valence-corrected chi connectivity index (χ3v) is 3.01. The van der Waals surface area contributed by atoms with E-state index in [1.165, 1.54) is 5.56 Å². The molecule has 0 radical (unpaired) electrons. The van der Waals surface area contributed by atoms with Gasteiger partial charge in [0.1, 0.15) is 0 Å². The van der Waals surface area contributed by atoms with E-state index < -0.39 is 0 Å². The van der Waals surface area contributed by atoms with Crippen LogP contribution in [-0.2, 0) is 7.05 Å². The van der Waals surface area contributed by atoms with Crippen LogP contribution >= 0.6 is 0 Å². The number of benzene rings is 2. The van der Waals surface area contributed by atoms with Crippen LogP contribution in [0.3, 0.4) is 0 Å². The average Bonchev–Trinajstić information content (AvgIpc) is 2.78. The highest BCUT2D eigenvalue weighted by molar-refractivity contribution is 5.69. The zero-order chi connectivity index (χ0) is 13.9. The van der Waals surface area contributed by atoms with Crippen molar-refractivity contribution in [1.29, 1.82) is 0 Å². The minimum Gasteiger partial charge on any atom is -0.366 e. The van der Waals surface area contributed by atoms with Gasteiger partial charge in [0.15, 0.2) is 0 Å². The Labute approximate surface area is 117 Å². The molecule has 20 heavy (non-hydrogen) atoms. The second-order valence-corrected chi connectivity index (χ2v) is 4.49. The number of nitrogen functional groups attached to an aromatic ring is 1. The van der Waals surface area contributed by atoms with Crippen LogP contribution in [0, 0.1) is 0 Å². The maximum Gasteiger partial charge on any atom is 0.241 e. The molecule has 3 N–H and O–H groups in total. The number of nitrogens with one attached hydrogen (secondary N) is 1. The number of nitrogens with zero attached hydrogens (tertiary/aromatic N) is 3. The average molecular weight is 265 g/mol. The van der Waals surface area contributed by atoms with Crippen molar-refractivity contribution in [2.75, 3.05) is 11.1 Å². The molecule has 3 rings (SSSR count). The van der Waals surface area contributed by atoms with Crippen molar-refractivity contribution >= 4 is 17.6 Å². The molecule has 0 amide bonds. The van der Waals surface area contributed by atoms with Crippen LogP contribution in [0.15, 0.2) is 54.6 Å². The number of hydrogen-bond donors (Lipinski definition) is 2. The van der Waals surface area contributed by atoms with Gasteiger partial charge in [-0.05, 0) is 23.3 Å². The highest BCUT2D eigenvalue weighted by Gasteiger charge is 2.05. The van der Waals surface area contributed by atoms with Crippen molar-refractivity contribution in [3.05, 3.63) is 54.6 Å². The molecule has 0 aliphatic heterocycles. The zero-order valence-electron chi connectivity index (χ0n) is 11.1. The minimum atomic E-state index is 0.259. The van der Waals surface area contributed by atoms with Gasteiger partial charge in [-0.1, -0.05) is 42.5 Å². The monoisotopic (exact) mass is 265 g/mol. The molecule has 100 valence electrons. The van der Waals surface area contributed by atoms with Crippen molar-refractivity contribution in [2.45, 2.75) is 0 Å². The molecule has 5 heteroatoms. The van der Waals surface area contributed by atoms with Crippen molar-refractivity contribution in [2.24, 2.45) is 7.05 Å². The highest BCUT2D eigenvalue weighted by atomic mass is 15.4. The molecule has 2 aromatic carbocycles. The first-order chi connectivity index (χ1) is 9.72. The summed E-state index contributed by atoms with van der Waals surface area (Å²) < 4.78 is 1.62. The summed E-state index contributed by atoms with van der Waals surface area (Å²) >= 11 is 0. The van der Waals surface area contributed by atoms with Crippen LogP contribution in [0.4, 0.5) is 17.6 Å². The van der Waals surface area contributed by atoms with E-state index in [0.29, 0.717) is 5.95 Å². The minimum absolute atomic E-state index is 0.259. The molecular weight excluding hydrogens is 250 g/mol. The fourth-order valence-corrected chi connectivity index (χ4v) is 2.05. The lowest BCUT2D eigenvalue weighted by Crippen LogP contribution is -2.00. The largest absolute Gasteiger partial charge is 0.366 e. The van der Waals surface area contributed by atoms with Crippen LogP contribution < -0.4 is 11.1 Å². The van der Waals surface area contributed by atoms with Gasteiger partial charge in [0.25, 0.3) is 0 Å². The van der Waals surface area contributed by atoms with E-state index in [4.69, 9.17) is 5.73 Å². The number of aromatic nitrogens is 3. The Morgan fingerprint density at radius 3 is 2.45 bits per heavy atom. The van der Waals surface area contributed by atoms with E-state index in [1.807, 2.05) is 30.3 Å². The highest BCUT2D eigenvalue weighted by Crippen LogP contribution is 2.24. The summed E-state index contributed by atoms with van der Waals surface area (Å²) in [6, 6.07) is 18.4. The molecule has 3 aromatic rings. The lowest BCUT2D eigenvalue weighted by Gasteiger charge is -2.07. The van der Waals surface area contributed by atoms with Crippen molar-refractivity contribution in [3.8, 4) is 11.1 Å². The normalized spacial score (nSPS) is 10.4. The van der Waals surface area contributed by atoms with E-state index in [-0.39, 0.29) is 5.95 Å². The van der Waals surface area contributed by atoms with Gasteiger partial charge in [-0.25, -0.2) is 4.68 Å². The number of hydrogen-bond acceptors (Lipinski definition) is 4. The van der Waals surface area contributed by atoms with Crippen LogP contribution in [-0.4, -0.2) is 14.8 Å². The molecular formula is C15H15N5. The van der Waals surface area contributed by atoms with Crippen molar-refractivity contribution in [1.82, 2.24) is 14.8 Å². The van der Waals surface area contributed by atoms with E-state index in [9.17, 15) is 0 Å². The third-order valence-electron chi connectivity index (χ3n) is 3.01. The topological polar surface area (TPSA) is 68.8 Å². The van der Waals surface area contributed by atoms with E-state index in [1.54, 1.807) is 11.7 Å². The van der Waals surface area contributed by atoms with Crippen LogP contribution in [0.1, 0.15) is 0 Å². The van der Waals surface area contributed by atoms with Gasteiger partial charge in [-0.3, -0.25) is 0 Å². The van der Waals surface area contributed by atoms with E-state index in [2.05, 4.69) is 39.7 Å². The van der Waals surface area contributed by atoms with Gasteiger partial charge < -0.3 is 11.1 Å². The van der Waals surface area contributed by atoms with Crippen LogP contribution in [0.25, 0.3) is 11.1 Å². The summed E-state index contributed by atoms with van der Waals surface area (Å²) in [5.74, 6) is 0.877. The molecule has 0 fully saturated rings. The van der Waals surface area contributed by atoms with Crippen LogP contribution in [0.2, 0.25) is 0 Å². The Morgan fingerprint density at radius 2 is 1.75 bits per heavy atom. The first-order valence-corrected chi connectivity index (χ1v) is 6.31. The Bertz CT molecular complexity index is 718. The quantitative estimate of drug-likeness (QED) is 0.764. The molecule has 0 saturated carbocycles. The van der Waals surface area contributed by atoms with E-state index >= 15 is 0 Å². The molecule has 0 bridgehead atoms. The second-order valence-electron chi connectivity index (χ2n) is 4.49. The van der Waals surface area contributed by atoms with E-state index in [0.717, 1.165) is 11.3 Å². The predicted molar refractivity (Wildman–Crippen MR) is 80.6 cm³/mol. The maximum atomic E-state index is 5.57. The maximum absolute atomic E-state index is 5.57. The lowest BCUT2D eigenvalue weighted by atomic mass is 10.1. The van der Waals surface area contributed by atoms with Crippen LogP contribution in [0.5, 0.6) is 0 Å². The summed E-state index contributed by atoms with van der Waals surface area (Å²) in [4.78, 5) is 4.13. The fraction of sp³-hybridized carbons (Fsp3) is 0.0667. The first kappa shape index (κ1) is 12.2. The Morgan fingerprint density at radius 1 is 1.00 bits per heavy atom. The molecule has 0 spiro atoms. The predicted octanol–water partition coefficient (Wildman–Crippen LogP) is 2.81. The van der Waals surface area contributed by atoms with Crippen molar-refractivity contribution in [3.63, 3.8) is 0 Å². The number of anilines is 3. The number of nitrogens with two attached hydrogens (primary N) is 1. The smallest absolute Gasteiger partial charge is 0.241 e. The Balaban J connectivity index is 1.90. The van der Waals surface area contributed by atoms with Gasteiger partial charge in [0, 0.05) is 12.7 Å². The molecule has 0 unspecified atom stereocenters. The number of rotatable bonds is 3. The zero-order valence-corrected chi connectivity index (χ0v) is 11.1. The molecule has 0 atom stereocenters. The molecule has 0 aliphatic rings. The lowest BCUT2D eigenvalue weighted by molar-refractivity contribution is 0.779.